The largest absolute Gasteiger partial charge is 0.380 e. The lowest BCUT2D eigenvalue weighted by atomic mass is 10.0. The summed E-state index contributed by atoms with van der Waals surface area (Å²) in [6, 6.07) is 0. The average Bonchev–Trinajstić information content (AvgIpc) is 2.42. The molecule has 1 aliphatic rings. The fraction of sp³-hybridized carbons (Fsp3) is 0.833. The smallest absolute Gasteiger partial charge is 0.249 e. The van der Waals surface area contributed by atoms with Crippen LogP contribution in [0.1, 0.15) is 19.8 Å². The third kappa shape index (κ3) is 1.05. The molecule has 3 nitrogen and oxygen atoms in total. The Kier molecular flexibility index (Phi) is 1.24. The van der Waals surface area contributed by atoms with Crippen molar-refractivity contribution < 1.29 is 9.90 Å². The monoisotopic (exact) mass is 129 g/mol. The van der Waals surface area contributed by atoms with Crippen molar-refractivity contribution >= 4 is 5.91 Å². The van der Waals surface area contributed by atoms with Crippen LogP contribution >= 0.6 is 0 Å². The van der Waals surface area contributed by atoms with E-state index >= 15 is 0 Å². The lowest BCUT2D eigenvalue weighted by molar-refractivity contribution is -0.136. The highest BCUT2D eigenvalue weighted by Crippen LogP contribution is 2.39. The number of hydrogen-bond acceptors (Lipinski definition) is 2. The van der Waals surface area contributed by atoms with Crippen LogP contribution in [0.5, 0.6) is 0 Å². The summed E-state index contributed by atoms with van der Waals surface area (Å²) in [7, 11) is 0. The number of hydrogen-bond donors (Lipinski definition) is 2. The zero-order valence-electron chi connectivity index (χ0n) is 5.42. The maximum Gasteiger partial charge on any atom is 0.249 e. The molecule has 1 saturated carbocycles. The Morgan fingerprint density at radius 2 is 2.22 bits per heavy atom. The van der Waals surface area contributed by atoms with Gasteiger partial charge >= 0.3 is 0 Å². The summed E-state index contributed by atoms with van der Waals surface area (Å²) >= 11 is 0. The van der Waals surface area contributed by atoms with Crippen molar-refractivity contribution in [2.24, 2.45) is 11.7 Å². The molecule has 0 aromatic heterocycles. The van der Waals surface area contributed by atoms with Crippen LogP contribution in [0.2, 0.25) is 0 Å². The molecule has 52 valence electrons. The first-order chi connectivity index (χ1) is 4.05. The minimum atomic E-state index is -1.25. The van der Waals surface area contributed by atoms with Gasteiger partial charge in [-0.3, -0.25) is 4.79 Å². The van der Waals surface area contributed by atoms with Crippen molar-refractivity contribution in [1.29, 1.82) is 0 Å². The number of carbonyl (C=O) groups is 1. The molecular weight excluding hydrogens is 118 g/mol. The van der Waals surface area contributed by atoms with E-state index in [0.717, 1.165) is 12.8 Å². The predicted octanol–water partition coefficient (Wildman–Crippen LogP) is -0.367. The van der Waals surface area contributed by atoms with Gasteiger partial charge in [-0.25, -0.2) is 0 Å². The van der Waals surface area contributed by atoms with Gasteiger partial charge in [0.1, 0.15) is 5.60 Å². The Hall–Kier alpha value is -0.570. The molecule has 0 aliphatic heterocycles. The molecule has 3 N–H and O–H groups in total. The number of primary amides is 1. The van der Waals surface area contributed by atoms with Crippen molar-refractivity contribution in [1.82, 2.24) is 0 Å². The van der Waals surface area contributed by atoms with E-state index in [4.69, 9.17) is 5.73 Å². The second kappa shape index (κ2) is 1.70. The zero-order chi connectivity index (χ0) is 7.07. The van der Waals surface area contributed by atoms with Gasteiger partial charge in [-0.2, -0.15) is 0 Å². The molecule has 0 unspecified atom stereocenters. The molecule has 0 aromatic carbocycles. The van der Waals surface area contributed by atoms with Crippen LogP contribution in [0.4, 0.5) is 0 Å². The molecule has 0 aromatic rings. The van der Waals surface area contributed by atoms with E-state index < -0.39 is 11.5 Å². The molecule has 0 bridgehead atoms. The maximum absolute atomic E-state index is 10.5. The van der Waals surface area contributed by atoms with Crippen molar-refractivity contribution in [3.05, 3.63) is 0 Å². The zero-order valence-corrected chi connectivity index (χ0v) is 5.42. The minimum Gasteiger partial charge on any atom is -0.380 e. The molecule has 0 saturated heterocycles. The highest BCUT2D eigenvalue weighted by molar-refractivity contribution is 5.83. The summed E-state index contributed by atoms with van der Waals surface area (Å²) in [5.74, 6) is -0.486. The fourth-order valence-electron chi connectivity index (χ4n) is 0.847. The molecule has 9 heavy (non-hydrogen) atoms. The van der Waals surface area contributed by atoms with E-state index in [1.807, 2.05) is 0 Å². The molecule has 1 rings (SSSR count). The van der Waals surface area contributed by atoms with Crippen LogP contribution in [-0.4, -0.2) is 16.6 Å². The molecule has 1 atom stereocenters. The third-order valence-corrected chi connectivity index (χ3v) is 1.87. The SMILES string of the molecule is C[C@](O)(C(N)=O)C1CC1. The van der Waals surface area contributed by atoms with Gasteiger partial charge in [-0.15, -0.1) is 0 Å². The third-order valence-electron chi connectivity index (χ3n) is 1.87. The molecule has 0 heterocycles. The lowest BCUT2D eigenvalue weighted by Gasteiger charge is -2.17. The van der Waals surface area contributed by atoms with Gasteiger partial charge in [-0.05, 0) is 25.7 Å². The number of carbonyl (C=O) groups excluding carboxylic acids is 1. The van der Waals surface area contributed by atoms with Gasteiger partial charge in [0, 0.05) is 0 Å². The van der Waals surface area contributed by atoms with Crippen LogP contribution in [0.3, 0.4) is 0 Å². The number of amides is 1. The quantitative estimate of drug-likeness (QED) is 0.534. The summed E-state index contributed by atoms with van der Waals surface area (Å²) < 4.78 is 0. The number of aliphatic hydroxyl groups is 1. The van der Waals surface area contributed by atoms with E-state index in [1.165, 1.54) is 6.92 Å². The maximum atomic E-state index is 10.5. The Morgan fingerprint density at radius 1 is 1.78 bits per heavy atom. The van der Waals surface area contributed by atoms with Crippen LogP contribution in [0.25, 0.3) is 0 Å². The summed E-state index contributed by atoms with van der Waals surface area (Å²) in [4.78, 5) is 10.5. The summed E-state index contributed by atoms with van der Waals surface area (Å²) in [6.07, 6.45) is 1.85. The lowest BCUT2D eigenvalue weighted by Crippen LogP contribution is -2.42. The molecule has 1 amide bonds. The van der Waals surface area contributed by atoms with Crippen molar-refractivity contribution in [3.63, 3.8) is 0 Å². The molecule has 1 aliphatic carbocycles. The second-order valence-electron chi connectivity index (χ2n) is 2.79. The summed E-state index contributed by atoms with van der Waals surface area (Å²) in [5, 5.41) is 9.26. The Balaban J connectivity index is 2.59. The standard InChI is InChI=1S/C6H11NO2/c1-6(9,5(7)8)4-2-3-4/h4,9H,2-3H2,1H3,(H2,7,8)/t6-/m1/s1. The molecule has 0 radical (unpaired) electrons. The van der Waals surface area contributed by atoms with Gasteiger partial charge in [0.15, 0.2) is 0 Å². The molecule has 1 fully saturated rings. The predicted molar refractivity (Wildman–Crippen MR) is 32.5 cm³/mol. The van der Waals surface area contributed by atoms with Crippen LogP contribution in [-0.2, 0) is 4.79 Å². The average molecular weight is 129 g/mol. The summed E-state index contributed by atoms with van der Waals surface area (Å²) in [5.41, 5.74) is 3.67. The first-order valence-electron chi connectivity index (χ1n) is 3.07. The Bertz CT molecular complexity index is 138. The van der Waals surface area contributed by atoms with Gasteiger partial charge in [0.05, 0.1) is 0 Å². The Labute approximate surface area is 53.9 Å². The topological polar surface area (TPSA) is 63.3 Å². The van der Waals surface area contributed by atoms with Gasteiger partial charge < -0.3 is 10.8 Å². The highest BCUT2D eigenvalue weighted by Gasteiger charge is 2.44. The van der Waals surface area contributed by atoms with Gasteiger partial charge in [0.25, 0.3) is 0 Å². The van der Waals surface area contributed by atoms with Gasteiger partial charge in [0.2, 0.25) is 5.91 Å². The van der Waals surface area contributed by atoms with E-state index in [0.29, 0.717) is 0 Å². The fourth-order valence-corrected chi connectivity index (χ4v) is 0.847. The van der Waals surface area contributed by atoms with E-state index in [1.54, 1.807) is 0 Å². The van der Waals surface area contributed by atoms with Crippen molar-refractivity contribution in [3.8, 4) is 0 Å². The van der Waals surface area contributed by atoms with Crippen molar-refractivity contribution in [2.75, 3.05) is 0 Å². The summed E-state index contributed by atoms with van der Waals surface area (Å²) in [6.45, 7) is 1.48. The molecule has 3 heteroatoms. The van der Waals surface area contributed by atoms with Crippen LogP contribution in [0, 0.1) is 5.92 Å². The van der Waals surface area contributed by atoms with E-state index in [9.17, 15) is 9.90 Å². The van der Waals surface area contributed by atoms with E-state index in [2.05, 4.69) is 0 Å². The van der Waals surface area contributed by atoms with Crippen molar-refractivity contribution in [2.45, 2.75) is 25.4 Å². The van der Waals surface area contributed by atoms with Crippen LogP contribution in [0.15, 0.2) is 0 Å². The Morgan fingerprint density at radius 3 is 2.33 bits per heavy atom. The highest BCUT2D eigenvalue weighted by atomic mass is 16.3. The van der Waals surface area contributed by atoms with Gasteiger partial charge in [-0.1, -0.05) is 0 Å². The first-order valence-corrected chi connectivity index (χ1v) is 3.07. The second-order valence-corrected chi connectivity index (χ2v) is 2.79. The normalized spacial score (nSPS) is 25.1. The number of nitrogens with two attached hydrogens (primary N) is 1. The first kappa shape index (κ1) is 6.55. The van der Waals surface area contributed by atoms with Crippen LogP contribution < -0.4 is 5.73 Å². The molecular formula is C6H11NO2. The molecule has 0 spiro atoms. The van der Waals surface area contributed by atoms with E-state index in [-0.39, 0.29) is 5.92 Å². The minimum absolute atomic E-state index is 0.120. The number of rotatable bonds is 2.